The van der Waals surface area contributed by atoms with Crippen LogP contribution >= 0.6 is 34.4 Å². The Labute approximate surface area is 218 Å². The van der Waals surface area contributed by atoms with Crippen molar-refractivity contribution in [2.75, 3.05) is 11.9 Å². The Bertz CT molecular complexity index is 1370. The lowest BCUT2D eigenvalue weighted by atomic mass is 10.2. The van der Waals surface area contributed by atoms with Gasteiger partial charge in [-0.25, -0.2) is 4.79 Å². The molecule has 1 N–H and O–H groups in total. The minimum absolute atomic E-state index is 0.202. The second-order valence-electron chi connectivity index (χ2n) is 7.28. The Kier molecular flexibility index (Phi) is 8.87. The third-order valence-corrected chi connectivity index (χ3v) is 7.48. The summed E-state index contributed by atoms with van der Waals surface area (Å²) in [6, 6.07) is 11.3. The van der Waals surface area contributed by atoms with Crippen molar-refractivity contribution in [2.45, 2.75) is 29.9 Å². The largest absolute Gasteiger partial charge is 0.494 e. The zero-order valence-electron chi connectivity index (χ0n) is 19.1. The quantitative estimate of drug-likeness (QED) is 0.113. The summed E-state index contributed by atoms with van der Waals surface area (Å²) < 4.78 is 16.8. The van der Waals surface area contributed by atoms with Crippen LogP contribution in [0.2, 0.25) is 0 Å². The first-order valence-electron chi connectivity index (χ1n) is 10.9. The number of amides is 1. The number of aromatic nitrogens is 2. The van der Waals surface area contributed by atoms with Gasteiger partial charge in [-0.3, -0.25) is 14.9 Å². The summed E-state index contributed by atoms with van der Waals surface area (Å²) in [5, 5.41) is 12.9. The summed E-state index contributed by atoms with van der Waals surface area (Å²) in [6.45, 7) is 2.69. The van der Waals surface area contributed by atoms with E-state index in [1.165, 1.54) is 40.5 Å². The second-order valence-corrected chi connectivity index (χ2v) is 10.4. The van der Waals surface area contributed by atoms with E-state index in [2.05, 4.69) is 22.4 Å². The number of nitrogens with one attached hydrogen (secondary N) is 1. The van der Waals surface area contributed by atoms with E-state index in [1.807, 2.05) is 5.38 Å². The zero-order valence-corrected chi connectivity index (χ0v) is 21.5. The number of thiophene rings is 1. The summed E-state index contributed by atoms with van der Waals surface area (Å²) in [5.74, 6) is 0.217. The van der Waals surface area contributed by atoms with E-state index in [4.69, 9.17) is 13.9 Å². The second kappa shape index (κ2) is 12.5. The van der Waals surface area contributed by atoms with E-state index in [9.17, 15) is 14.4 Å². The fraction of sp³-hybridized carbons (Fsp3) is 0.208. The molecule has 12 heteroatoms. The SMILES string of the molecule is CCCCOc1ccc(C(=O)Oc2coc(CSc3nnc(NC(=O)c4cccs4)s3)cc2=O)cc1. The van der Waals surface area contributed by atoms with Gasteiger partial charge in [0.25, 0.3) is 5.91 Å². The number of rotatable bonds is 11. The maximum Gasteiger partial charge on any atom is 0.343 e. The molecular formula is C24H21N3O6S3. The monoisotopic (exact) mass is 543 g/mol. The Morgan fingerprint density at radius 1 is 1.17 bits per heavy atom. The molecule has 0 saturated heterocycles. The molecule has 9 nitrogen and oxygen atoms in total. The number of ether oxygens (including phenoxy) is 2. The van der Waals surface area contributed by atoms with Crippen molar-refractivity contribution in [1.29, 1.82) is 0 Å². The average Bonchev–Trinajstić information content (AvgIpc) is 3.57. The van der Waals surface area contributed by atoms with Crippen molar-refractivity contribution in [3.05, 3.63) is 80.5 Å². The predicted molar refractivity (Wildman–Crippen MR) is 139 cm³/mol. The molecule has 0 atom stereocenters. The molecule has 4 aromatic rings. The van der Waals surface area contributed by atoms with Crippen LogP contribution in [0.3, 0.4) is 0 Å². The molecule has 0 bridgehead atoms. The van der Waals surface area contributed by atoms with Gasteiger partial charge in [-0.2, -0.15) is 0 Å². The Morgan fingerprint density at radius 2 is 2.00 bits per heavy atom. The van der Waals surface area contributed by atoms with E-state index in [1.54, 1.807) is 36.4 Å². The number of hydrogen-bond acceptors (Lipinski definition) is 11. The zero-order chi connectivity index (χ0) is 25.3. The molecular weight excluding hydrogens is 522 g/mol. The maximum atomic E-state index is 12.4. The highest BCUT2D eigenvalue weighted by molar-refractivity contribution is 8.00. The average molecular weight is 544 g/mol. The van der Waals surface area contributed by atoms with Crippen molar-refractivity contribution in [1.82, 2.24) is 10.2 Å². The van der Waals surface area contributed by atoms with E-state index >= 15 is 0 Å². The molecule has 1 amide bonds. The predicted octanol–water partition coefficient (Wildman–Crippen LogP) is 5.50. The van der Waals surface area contributed by atoms with Crippen molar-refractivity contribution >= 4 is 51.4 Å². The van der Waals surface area contributed by atoms with Crippen LogP contribution in [0.4, 0.5) is 5.13 Å². The molecule has 0 aliphatic carbocycles. The van der Waals surface area contributed by atoms with Gasteiger partial charge in [-0.05, 0) is 42.1 Å². The molecule has 3 aromatic heterocycles. The van der Waals surface area contributed by atoms with Gasteiger partial charge < -0.3 is 13.9 Å². The Morgan fingerprint density at radius 3 is 2.72 bits per heavy atom. The third-order valence-electron chi connectivity index (χ3n) is 4.62. The van der Waals surface area contributed by atoms with Crippen LogP contribution in [-0.2, 0) is 5.75 Å². The number of benzene rings is 1. The Hall–Kier alpha value is -3.48. The van der Waals surface area contributed by atoms with Gasteiger partial charge in [0, 0.05) is 6.07 Å². The molecule has 0 unspecified atom stereocenters. The van der Waals surface area contributed by atoms with Crippen LogP contribution in [0.15, 0.2) is 67.7 Å². The van der Waals surface area contributed by atoms with Crippen LogP contribution in [0.5, 0.6) is 11.5 Å². The van der Waals surface area contributed by atoms with E-state index in [0.29, 0.717) is 38.2 Å². The minimum atomic E-state index is -0.671. The fourth-order valence-corrected chi connectivity index (χ4v) is 5.04. The number of esters is 1. The normalized spacial score (nSPS) is 10.7. The number of hydrogen-bond donors (Lipinski definition) is 1. The van der Waals surface area contributed by atoms with Gasteiger partial charge >= 0.3 is 5.97 Å². The van der Waals surface area contributed by atoms with Crippen molar-refractivity contribution in [3.63, 3.8) is 0 Å². The molecule has 0 aliphatic rings. The van der Waals surface area contributed by atoms with Gasteiger partial charge in [0.1, 0.15) is 17.8 Å². The van der Waals surface area contributed by atoms with Crippen molar-refractivity contribution < 1.29 is 23.5 Å². The summed E-state index contributed by atoms with van der Waals surface area (Å²) >= 11 is 3.84. The molecule has 0 spiro atoms. The van der Waals surface area contributed by atoms with E-state index in [-0.39, 0.29) is 17.2 Å². The van der Waals surface area contributed by atoms with Crippen LogP contribution < -0.4 is 20.2 Å². The maximum absolute atomic E-state index is 12.4. The minimum Gasteiger partial charge on any atom is -0.494 e. The van der Waals surface area contributed by atoms with Crippen LogP contribution in [-0.4, -0.2) is 28.7 Å². The first-order valence-corrected chi connectivity index (χ1v) is 13.6. The van der Waals surface area contributed by atoms with Crippen molar-refractivity contribution in [3.8, 4) is 11.5 Å². The summed E-state index contributed by atoms with van der Waals surface area (Å²) in [4.78, 5) is 37.5. The molecule has 1 aromatic carbocycles. The summed E-state index contributed by atoms with van der Waals surface area (Å²) in [6.07, 6.45) is 3.10. The smallest absolute Gasteiger partial charge is 0.343 e. The van der Waals surface area contributed by atoms with Gasteiger partial charge in [-0.15, -0.1) is 21.5 Å². The topological polar surface area (TPSA) is 121 Å². The van der Waals surface area contributed by atoms with Gasteiger partial charge in [0.15, 0.2) is 4.34 Å². The fourth-order valence-electron chi connectivity index (χ4n) is 2.79. The lowest BCUT2D eigenvalue weighted by Gasteiger charge is -2.07. The first-order chi connectivity index (χ1) is 17.5. The summed E-state index contributed by atoms with van der Waals surface area (Å²) in [5.41, 5.74) is -0.194. The van der Waals surface area contributed by atoms with Crippen LogP contribution in [0, 0.1) is 0 Å². The van der Waals surface area contributed by atoms with Gasteiger partial charge in [0.05, 0.1) is 22.8 Å². The first kappa shape index (κ1) is 25.6. The van der Waals surface area contributed by atoms with E-state index < -0.39 is 11.4 Å². The van der Waals surface area contributed by atoms with Gasteiger partial charge in [0.2, 0.25) is 16.3 Å². The molecule has 0 aliphatic heterocycles. The number of carbonyl (C=O) groups is 2. The summed E-state index contributed by atoms with van der Waals surface area (Å²) in [7, 11) is 0. The lowest BCUT2D eigenvalue weighted by molar-refractivity contribution is 0.0728. The number of thioether (sulfide) groups is 1. The van der Waals surface area contributed by atoms with Gasteiger partial charge in [-0.1, -0.05) is 42.5 Å². The molecule has 36 heavy (non-hydrogen) atoms. The van der Waals surface area contributed by atoms with E-state index in [0.717, 1.165) is 19.1 Å². The number of anilines is 1. The Balaban J connectivity index is 1.29. The molecule has 0 radical (unpaired) electrons. The molecule has 186 valence electrons. The number of carbonyl (C=O) groups excluding carboxylic acids is 2. The highest BCUT2D eigenvalue weighted by Crippen LogP contribution is 2.29. The van der Waals surface area contributed by atoms with Crippen LogP contribution in [0.1, 0.15) is 45.6 Å². The number of nitrogens with zero attached hydrogens (tertiary/aromatic N) is 2. The molecule has 4 rings (SSSR count). The number of unbranched alkanes of at least 4 members (excludes halogenated alkanes) is 1. The third kappa shape index (κ3) is 7.03. The lowest BCUT2D eigenvalue weighted by Crippen LogP contribution is -2.14. The molecule has 3 heterocycles. The highest BCUT2D eigenvalue weighted by atomic mass is 32.2. The standard InChI is InChI=1S/C24H21N3O6S3/c1-2-3-10-31-16-8-6-15(7-9-16)22(30)33-19-13-32-17(12-18(19)28)14-35-24-27-26-23(36-24)25-21(29)20-5-4-11-34-20/h4-9,11-13H,2-3,10,14H2,1H3,(H,25,26,29). The molecule has 0 saturated carbocycles. The highest BCUT2D eigenvalue weighted by Gasteiger charge is 2.15. The van der Waals surface area contributed by atoms with Crippen LogP contribution in [0.25, 0.3) is 0 Å². The molecule has 0 fully saturated rings. The van der Waals surface area contributed by atoms with Crippen molar-refractivity contribution in [2.24, 2.45) is 0 Å².